The van der Waals surface area contributed by atoms with Crippen molar-refractivity contribution in [2.75, 3.05) is 18.2 Å². The van der Waals surface area contributed by atoms with Crippen molar-refractivity contribution >= 4 is 34.1 Å². The number of aryl methyl sites for hydroxylation is 1. The second-order valence-electron chi connectivity index (χ2n) is 6.96. The summed E-state index contributed by atoms with van der Waals surface area (Å²) in [6.07, 6.45) is 2.32. The van der Waals surface area contributed by atoms with E-state index in [0.717, 1.165) is 23.4 Å². The first-order valence-electron chi connectivity index (χ1n) is 9.45. The minimum atomic E-state index is -0.149. The smallest absolute Gasteiger partial charge is 0.236 e. The summed E-state index contributed by atoms with van der Waals surface area (Å²) in [5, 5.41) is 21.5. The molecule has 1 aromatic carbocycles. The molecule has 0 radical (unpaired) electrons. The zero-order valence-corrected chi connectivity index (χ0v) is 18.5. The molecule has 1 fully saturated rings. The molecule has 0 atom stereocenters. The van der Waals surface area contributed by atoms with Crippen molar-refractivity contribution < 1.29 is 14.3 Å². The third-order valence-electron chi connectivity index (χ3n) is 4.55. The first kappa shape index (κ1) is 20.6. The number of aromatic nitrogens is 5. The van der Waals surface area contributed by atoms with E-state index in [1.807, 2.05) is 36.7 Å². The SMILES string of the molecule is COc1cc(C)ccc1OCc1nnc(SCC(=O)Nc2nnc(C3CC3)s2)n1C. The van der Waals surface area contributed by atoms with Gasteiger partial charge in [-0.05, 0) is 37.5 Å². The highest BCUT2D eigenvalue weighted by atomic mass is 32.2. The van der Waals surface area contributed by atoms with E-state index < -0.39 is 0 Å². The number of nitrogens with zero attached hydrogens (tertiary/aromatic N) is 5. The molecule has 30 heavy (non-hydrogen) atoms. The highest BCUT2D eigenvalue weighted by molar-refractivity contribution is 7.99. The van der Waals surface area contributed by atoms with Gasteiger partial charge in [0, 0.05) is 13.0 Å². The molecule has 158 valence electrons. The van der Waals surface area contributed by atoms with Gasteiger partial charge in [-0.2, -0.15) is 0 Å². The lowest BCUT2D eigenvalue weighted by Gasteiger charge is -2.11. The van der Waals surface area contributed by atoms with Crippen LogP contribution in [0.3, 0.4) is 0 Å². The molecule has 4 rings (SSSR count). The van der Waals surface area contributed by atoms with Crippen LogP contribution in [0.5, 0.6) is 11.5 Å². The third kappa shape index (κ3) is 4.90. The second-order valence-corrected chi connectivity index (χ2v) is 8.91. The molecule has 1 aliphatic carbocycles. The van der Waals surface area contributed by atoms with Crippen molar-refractivity contribution in [3.8, 4) is 11.5 Å². The molecular weight excluding hydrogens is 424 g/mol. The molecule has 9 nitrogen and oxygen atoms in total. The van der Waals surface area contributed by atoms with Crippen molar-refractivity contribution in [3.05, 3.63) is 34.6 Å². The molecule has 2 heterocycles. The van der Waals surface area contributed by atoms with E-state index >= 15 is 0 Å². The lowest BCUT2D eigenvalue weighted by molar-refractivity contribution is -0.113. The van der Waals surface area contributed by atoms with Crippen molar-refractivity contribution in [3.63, 3.8) is 0 Å². The maximum absolute atomic E-state index is 12.2. The molecule has 0 bridgehead atoms. The molecule has 1 amide bonds. The number of hydrogen-bond donors (Lipinski definition) is 1. The Bertz CT molecular complexity index is 1050. The van der Waals surface area contributed by atoms with Crippen molar-refractivity contribution in [1.82, 2.24) is 25.0 Å². The average Bonchev–Trinajstić information content (AvgIpc) is 3.39. The highest BCUT2D eigenvalue weighted by Gasteiger charge is 2.27. The first-order chi connectivity index (χ1) is 14.5. The van der Waals surface area contributed by atoms with Gasteiger partial charge in [0.1, 0.15) is 11.6 Å². The van der Waals surface area contributed by atoms with Crippen LogP contribution < -0.4 is 14.8 Å². The number of nitrogens with one attached hydrogen (secondary N) is 1. The molecule has 0 spiro atoms. The van der Waals surface area contributed by atoms with E-state index in [1.165, 1.54) is 23.1 Å². The highest BCUT2D eigenvalue weighted by Crippen LogP contribution is 2.42. The molecule has 1 saturated carbocycles. The number of methoxy groups -OCH3 is 1. The number of anilines is 1. The van der Waals surface area contributed by atoms with Crippen LogP contribution in [0.1, 0.15) is 35.2 Å². The van der Waals surface area contributed by atoms with E-state index in [9.17, 15) is 4.79 Å². The number of thioether (sulfide) groups is 1. The fourth-order valence-electron chi connectivity index (χ4n) is 2.70. The van der Waals surface area contributed by atoms with Gasteiger partial charge in [-0.1, -0.05) is 29.2 Å². The van der Waals surface area contributed by atoms with Crippen LogP contribution in [0.25, 0.3) is 0 Å². The number of ether oxygens (including phenoxy) is 2. The predicted octanol–water partition coefficient (Wildman–Crippen LogP) is 3.17. The number of amides is 1. The van der Waals surface area contributed by atoms with Gasteiger partial charge in [-0.25, -0.2) is 0 Å². The van der Waals surface area contributed by atoms with Crippen LogP contribution >= 0.6 is 23.1 Å². The van der Waals surface area contributed by atoms with Gasteiger partial charge in [-0.3, -0.25) is 10.1 Å². The first-order valence-corrected chi connectivity index (χ1v) is 11.3. The molecule has 2 aromatic heterocycles. The summed E-state index contributed by atoms with van der Waals surface area (Å²) in [6, 6.07) is 5.74. The quantitative estimate of drug-likeness (QED) is 0.500. The Kier molecular flexibility index (Phi) is 6.18. The van der Waals surface area contributed by atoms with Crippen molar-refractivity contribution in [1.29, 1.82) is 0 Å². The van der Waals surface area contributed by atoms with Crippen LogP contribution in [-0.4, -0.2) is 43.7 Å². The third-order valence-corrected chi connectivity index (χ3v) is 6.57. The summed E-state index contributed by atoms with van der Waals surface area (Å²) in [4.78, 5) is 12.2. The van der Waals surface area contributed by atoms with Gasteiger partial charge in [-0.15, -0.1) is 20.4 Å². The van der Waals surface area contributed by atoms with E-state index in [4.69, 9.17) is 9.47 Å². The fourth-order valence-corrected chi connectivity index (χ4v) is 4.36. The summed E-state index contributed by atoms with van der Waals surface area (Å²) in [7, 11) is 3.45. The van der Waals surface area contributed by atoms with Crippen LogP contribution in [0.4, 0.5) is 5.13 Å². The summed E-state index contributed by atoms with van der Waals surface area (Å²) >= 11 is 2.75. The maximum Gasteiger partial charge on any atom is 0.236 e. The van der Waals surface area contributed by atoms with Crippen LogP contribution in [0.2, 0.25) is 0 Å². The normalized spacial score (nSPS) is 13.3. The van der Waals surface area contributed by atoms with Gasteiger partial charge in [0.25, 0.3) is 0 Å². The lowest BCUT2D eigenvalue weighted by Crippen LogP contribution is -2.14. The van der Waals surface area contributed by atoms with Crippen LogP contribution in [0, 0.1) is 6.92 Å². The number of benzene rings is 1. The molecule has 11 heteroatoms. The van der Waals surface area contributed by atoms with Crippen LogP contribution in [-0.2, 0) is 18.4 Å². The largest absolute Gasteiger partial charge is 0.493 e. The van der Waals surface area contributed by atoms with Crippen LogP contribution in [0.15, 0.2) is 23.4 Å². The molecule has 0 unspecified atom stereocenters. The monoisotopic (exact) mass is 446 g/mol. The fraction of sp³-hybridized carbons (Fsp3) is 0.421. The zero-order valence-electron chi connectivity index (χ0n) is 16.9. The standard InChI is InChI=1S/C19H22N6O3S2/c1-11-4-7-13(14(8-11)27-3)28-9-15-21-24-19(25(15)2)29-10-16(26)20-18-23-22-17(30-18)12-5-6-12/h4,7-8,12H,5-6,9-10H2,1-3H3,(H,20,23,26). The zero-order chi connectivity index (χ0) is 21.1. The molecule has 0 saturated heterocycles. The molecular formula is C19H22N6O3S2. The molecule has 1 aliphatic rings. The minimum absolute atomic E-state index is 0.149. The average molecular weight is 447 g/mol. The number of carbonyl (C=O) groups excluding carboxylic acids is 1. The lowest BCUT2D eigenvalue weighted by atomic mass is 10.2. The topological polar surface area (TPSA) is 104 Å². The van der Waals surface area contributed by atoms with Gasteiger partial charge in [0.15, 0.2) is 22.5 Å². The van der Waals surface area contributed by atoms with Crippen molar-refractivity contribution in [2.24, 2.45) is 7.05 Å². The molecule has 1 N–H and O–H groups in total. The molecule has 0 aliphatic heterocycles. The predicted molar refractivity (Wildman–Crippen MR) is 114 cm³/mol. The van der Waals surface area contributed by atoms with Gasteiger partial charge < -0.3 is 14.0 Å². The summed E-state index contributed by atoms with van der Waals surface area (Å²) < 4.78 is 13.0. The van der Waals surface area contributed by atoms with Crippen molar-refractivity contribution in [2.45, 2.75) is 37.4 Å². The summed E-state index contributed by atoms with van der Waals surface area (Å²) in [5.41, 5.74) is 1.09. The summed E-state index contributed by atoms with van der Waals surface area (Å²) in [5.74, 6) is 2.55. The second kappa shape index (κ2) is 9.00. The van der Waals surface area contributed by atoms with Gasteiger partial charge in [0.05, 0.1) is 12.9 Å². The van der Waals surface area contributed by atoms with E-state index in [2.05, 4.69) is 25.7 Å². The number of carbonyl (C=O) groups is 1. The Morgan fingerprint density at radius 2 is 2.10 bits per heavy atom. The number of rotatable bonds is 9. The van der Waals surface area contributed by atoms with E-state index in [0.29, 0.717) is 33.5 Å². The Labute approximate surface area is 182 Å². The Morgan fingerprint density at radius 1 is 1.27 bits per heavy atom. The summed E-state index contributed by atoms with van der Waals surface area (Å²) in [6.45, 7) is 2.23. The minimum Gasteiger partial charge on any atom is -0.493 e. The maximum atomic E-state index is 12.2. The molecule has 3 aromatic rings. The Morgan fingerprint density at radius 3 is 2.87 bits per heavy atom. The Hall–Kier alpha value is -2.66. The van der Waals surface area contributed by atoms with E-state index in [-0.39, 0.29) is 18.3 Å². The van der Waals surface area contributed by atoms with Gasteiger partial charge >= 0.3 is 0 Å². The van der Waals surface area contributed by atoms with E-state index in [1.54, 1.807) is 7.11 Å². The Balaban J connectivity index is 1.30. The van der Waals surface area contributed by atoms with Gasteiger partial charge in [0.2, 0.25) is 11.0 Å². The number of hydrogen-bond acceptors (Lipinski definition) is 9.